The van der Waals surface area contributed by atoms with Gasteiger partial charge in [-0.2, -0.15) is 5.10 Å². The monoisotopic (exact) mass is 199 g/mol. The zero-order valence-corrected chi connectivity index (χ0v) is 8.88. The molecule has 0 fully saturated rings. The molecule has 1 aromatic heterocycles. The summed E-state index contributed by atoms with van der Waals surface area (Å²) < 4.78 is 1.76. The van der Waals surface area contributed by atoms with Gasteiger partial charge in [0.15, 0.2) is 0 Å². The summed E-state index contributed by atoms with van der Waals surface area (Å²) in [5.74, 6) is 0. The van der Waals surface area contributed by atoms with E-state index in [2.05, 4.69) is 29.1 Å². The van der Waals surface area contributed by atoms with E-state index >= 15 is 0 Å². The smallest absolute Gasteiger partial charge is 0.0630 e. The molecule has 3 heteroatoms. The van der Waals surface area contributed by atoms with Crippen LogP contribution in [0.15, 0.2) is 41.7 Å². The van der Waals surface area contributed by atoms with E-state index in [4.69, 9.17) is 0 Å². The largest absolute Gasteiger partial charge is 0.275 e. The third kappa shape index (κ3) is 2.53. The highest BCUT2D eigenvalue weighted by atomic mass is 15.2. The van der Waals surface area contributed by atoms with Crippen LogP contribution in [0.1, 0.15) is 11.1 Å². The number of aryl methyl sites for hydroxylation is 2. The highest BCUT2D eigenvalue weighted by Gasteiger charge is 1.91. The van der Waals surface area contributed by atoms with Gasteiger partial charge in [0, 0.05) is 25.0 Å². The van der Waals surface area contributed by atoms with E-state index in [1.165, 1.54) is 5.56 Å². The fraction of sp³-hybridized carbons (Fsp3) is 0.167. The summed E-state index contributed by atoms with van der Waals surface area (Å²) >= 11 is 0. The number of hydrogen-bond acceptors (Lipinski definition) is 2. The van der Waals surface area contributed by atoms with Crippen LogP contribution in [0, 0.1) is 6.92 Å². The highest BCUT2D eigenvalue weighted by molar-refractivity contribution is 5.81. The molecule has 0 unspecified atom stereocenters. The number of aliphatic imine (C=N–C) groups is 1. The number of rotatable bonds is 2. The highest BCUT2D eigenvalue weighted by Crippen LogP contribution is 2.12. The van der Waals surface area contributed by atoms with Crippen molar-refractivity contribution in [3.8, 4) is 0 Å². The average Bonchev–Trinajstić information content (AvgIpc) is 2.64. The van der Waals surface area contributed by atoms with Crippen LogP contribution in [0.5, 0.6) is 0 Å². The van der Waals surface area contributed by atoms with E-state index in [0.717, 1.165) is 11.3 Å². The molecule has 0 amide bonds. The van der Waals surface area contributed by atoms with Gasteiger partial charge in [-0.1, -0.05) is 17.7 Å². The summed E-state index contributed by atoms with van der Waals surface area (Å²) in [7, 11) is 1.89. The molecular weight excluding hydrogens is 186 g/mol. The molecule has 2 rings (SSSR count). The molecule has 0 aliphatic heterocycles. The Bertz CT molecular complexity index is 466. The maximum absolute atomic E-state index is 4.35. The van der Waals surface area contributed by atoms with E-state index in [1.54, 1.807) is 10.9 Å². The third-order valence-corrected chi connectivity index (χ3v) is 2.12. The van der Waals surface area contributed by atoms with Crippen LogP contribution in [0.4, 0.5) is 5.69 Å². The summed E-state index contributed by atoms with van der Waals surface area (Å²) in [6, 6.07) is 8.11. The second-order valence-electron chi connectivity index (χ2n) is 3.54. The fourth-order valence-electron chi connectivity index (χ4n) is 1.29. The van der Waals surface area contributed by atoms with Gasteiger partial charge in [-0.25, -0.2) is 0 Å². The molecule has 1 heterocycles. The molecule has 1 aromatic carbocycles. The van der Waals surface area contributed by atoms with Gasteiger partial charge >= 0.3 is 0 Å². The number of benzene rings is 1. The molecule has 0 saturated carbocycles. The van der Waals surface area contributed by atoms with Gasteiger partial charge in [0.1, 0.15) is 0 Å². The Hall–Kier alpha value is -1.90. The first-order chi connectivity index (χ1) is 7.24. The summed E-state index contributed by atoms with van der Waals surface area (Å²) in [4.78, 5) is 4.35. The SMILES string of the molecule is Cc1ccc(N=Cc2cnn(C)c2)cc1. The fourth-order valence-corrected chi connectivity index (χ4v) is 1.29. The molecule has 0 radical (unpaired) electrons. The van der Waals surface area contributed by atoms with Gasteiger partial charge in [-0.05, 0) is 19.1 Å². The number of hydrogen-bond donors (Lipinski definition) is 0. The van der Waals surface area contributed by atoms with Gasteiger partial charge in [0.05, 0.1) is 11.9 Å². The quantitative estimate of drug-likeness (QED) is 0.683. The molecule has 0 saturated heterocycles. The summed E-state index contributed by atoms with van der Waals surface area (Å²) in [6.07, 6.45) is 5.53. The second-order valence-corrected chi connectivity index (χ2v) is 3.54. The topological polar surface area (TPSA) is 30.2 Å². The first kappa shape index (κ1) is 9.65. The van der Waals surface area contributed by atoms with Gasteiger partial charge in [0.2, 0.25) is 0 Å². The van der Waals surface area contributed by atoms with Crippen molar-refractivity contribution in [1.29, 1.82) is 0 Å². The van der Waals surface area contributed by atoms with Crippen molar-refractivity contribution in [2.45, 2.75) is 6.92 Å². The van der Waals surface area contributed by atoms with Gasteiger partial charge in [-0.15, -0.1) is 0 Å². The lowest BCUT2D eigenvalue weighted by Gasteiger charge is -1.93. The first-order valence-corrected chi connectivity index (χ1v) is 4.83. The van der Waals surface area contributed by atoms with E-state index in [1.807, 2.05) is 31.6 Å². The Morgan fingerprint density at radius 3 is 2.60 bits per heavy atom. The van der Waals surface area contributed by atoms with Crippen molar-refractivity contribution < 1.29 is 0 Å². The minimum absolute atomic E-state index is 0.962. The Morgan fingerprint density at radius 2 is 2.00 bits per heavy atom. The third-order valence-electron chi connectivity index (χ3n) is 2.12. The van der Waals surface area contributed by atoms with E-state index in [-0.39, 0.29) is 0 Å². The van der Waals surface area contributed by atoms with Gasteiger partial charge in [0.25, 0.3) is 0 Å². The van der Waals surface area contributed by atoms with Crippen molar-refractivity contribution in [3.05, 3.63) is 47.8 Å². The molecule has 76 valence electrons. The molecule has 0 atom stereocenters. The zero-order chi connectivity index (χ0) is 10.7. The molecule has 0 N–H and O–H groups in total. The minimum atomic E-state index is 0.962. The van der Waals surface area contributed by atoms with Crippen molar-refractivity contribution in [2.24, 2.45) is 12.0 Å². The van der Waals surface area contributed by atoms with Crippen LogP contribution in [0.25, 0.3) is 0 Å². The molecule has 0 bridgehead atoms. The second kappa shape index (κ2) is 4.09. The summed E-state index contributed by atoms with van der Waals surface area (Å²) in [6.45, 7) is 2.06. The molecule has 0 aliphatic rings. The standard InChI is InChI=1S/C12H13N3/c1-10-3-5-12(6-4-10)13-7-11-8-14-15(2)9-11/h3-9H,1-2H3. The van der Waals surface area contributed by atoms with Crippen LogP contribution >= 0.6 is 0 Å². The van der Waals surface area contributed by atoms with Crippen LogP contribution in [0.3, 0.4) is 0 Å². The molecule has 0 spiro atoms. The van der Waals surface area contributed by atoms with Gasteiger partial charge in [-0.3, -0.25) is 9.67 Å². The normalized spacial score (nSPS) is 11.1. The van der Waals surface area contributed by atoms with Crippen LogP contribution < -0.4 is 0 Å². The molecule has 0 aliphatic carbocycles. The number of aromatic nitrogens is 2. The van der Waals surface area contributed by atoms with E-state index < -0.39 is 0 Å². The van der Waals surface area contributed by atoms with Crippen LogP contribution in [-0.2, 0) is 7.05 Å². The van der Waals surface area contributed by atoms with Crippen molar-refractivity contribution in [2.75, 3.05) is 0 Å². The Balaban J connectivity index is 2.14. The summed E-state index contributed by atoms with van der Waals surface area (Å²) in [5.41, 5.74) is 3.22. The average molecular weight is 199 g/mol. The number of nitrogens with zero attached hydrogens (tertiary/aromatic N) is 3. The molecule has 2 aromatic rings. The lowest BCUT2D eigenvalue weighted by Crippen LogP contribution is -1.84. The van der Waals surface area contributed by atoms with E-state index in [0.29, 0.717) is 0 Å². The van der Waals surface area contributed by atoms with E-state index in [9.17, 15) is 0 Å². The minimum Gasteiger partial charge on any atom is -0.275 e. The van der Waals surface area contributed by atoms with Crippen LogP contribution in [-0.4, -0.2) is 16.0 Å². The maximum atomic E-state index is 4.35. The Kier molecular flexibility index (Phi) is 2.63. The Morgan fingerprint density at radius 1 is 1.27 bits per heavy atom. The predicted molar refractivity (Wildman–Crippen MR) is 61.6 cm³/mol. The van der Waals surface area contributed by atoms with Crippen molar-refractivity contribution in [1.82, 2.24) is 9.78 Å². The Labute approximate surface area is 89.1 Å². The van der Waals surface area contributed by atoms with Crippen molar-refractivity contribution >= 4 is 11.9 Å². The lowest BCUT2D eigenvalue weighted by molar-refractivity contribution is 0.767. The van der Waals surface area contributed by atoms with Crippen molar-refractivity contribution in [3.63, 3.8) is 0 Å². The molecular formula is C12H13N3. The lowest BCUT2D eigenvalue weighted by atomic mass is 10.2. The van der Waals surface area contributed by atoms with Crippen LogP contribution in [0.2, 0.25) is 0 Å². The first-order valence-electron chi connectivity index (χ1n) is 4.83. The summed E-state index contributed by atoms with van der Waals surface area (Å²) in [5, 5.41) is 4.07. The van der Waals surface area contributed by atoms with Gasteiger partial charge < -0.3 is 0 Å². The maximum Gasteiger partial charge on any atom is 0.0630 e. The molecule has 3 nitrogen and oxygen atoms in total. The zero-order valence-electron chi connectivity index (χ0n) is 8.88. The predicted octanol–water partition coefficient (Wildman–Crippen LogP) is 2.48. The molecule has 15 heavy (non-hydrogen) atoms.